The van der Waals surface area contributed by atoms with Crippen molar-refractivity contribution in [3.8, 4) is 5.75 Å². The van der Waals surface area contributed by atoms with Crippen molar-refractivity contribution in [3.05, 3.63) is 29.8 Å². The molecule has 2 rings (SSSR count). The van der Waals surface area contributed by atoms with Crippen molar-refractivity contribution in [2.24, 2.45) is 0 Å². The Bertz CT molecular complexity index is 538. The molecule has 0 amide bonds. The third-order valence-electron chi connectivity index (χ3n) is 3.64. The second-order valence-electron chi connectivity index (χ2n) is 4.87. The van der Waals surface area contributed by atoms with Gasteiger partial charge < -0.3 is 9.84 Å². The van der Waals surface area contributed by atoms with Crippen LogP contribution in [0.15, 0.2) is 24.3 Å². The summed E-state index contributed by atoms with van der Waals surface area (Å²) in [5.41, 5.74) is -0.669. The number of aliphatic hydroxyl groups is 1. The molecule has 0 radical (unpaired) electrons. The first-order chi connectivity index (χ1) is 8.38. The molecule has 1 N–H and O–H groups in total. The van der Waals surface area contributed by atoms with Crippen LogP contribution in [0.2, 0.25) is 0 Å². The third kappa shape index (κ3) is 2.24. The summed E-state index contributed by atoms with van der Waals surface area (Å²) < 4.78 is 28.7. The van der Waals surface area contributed by atoms with E-state index in [2.05, 4.69) is 0 Å². The van der Waals surface area contributed by atoms with Gasteiger partial charge in [0.05, 0.1) is 12.4 Å². The van der Waals surface area contributed by atoms with Gasteiger partial charge in [-0.15, -0.1) is 0 Å². The molecule has 0 bridgehead atoms. The van der Waals surface area contributed by atoms with Crippen molar-refractivity contribution in [1.29, 1.82) is 0 Å². The van der Waals surface area contributed by atoms with Gasteiger partial charge in [0.2, 0.25) is 0 Å². The summed E-state index contributed by atoms with van der Waals surface area (Å²) in [4.78, 5) is 0. The molecule has 5 heteroatoms. The molecule has 2 unspecified atom stereocenters. The molecule has 0 saturated heterocycles. The summed E-state index contributed by atoms with van der Waals surface area (Å²) in [6.45, 7) is 0. The lowest BCUT2D eigenvalue weighted by Crippen LogP contribution is -2.39. The van der Waals surface area contributed by atoms with Crippen LogP contribution in [0.3, 0.4) is 0 Å². The first kappa shape index (κ1) is 13.4. The van der Waals surface area contributed by atoms with Crippen LogP contribution >= 0.6 is 0 Å². The maximum atomic E-state index is 11.8. The van der Waals surface area contributed by atoms with Gasteiger partial charge in [-0.3, -0.25) is 0 Å². The first-order valence-corrected chi connectivity index (χ1v) is 7.89. The lowest BCUT2D eigenvalue weighted by atomic mass is 9.92. The lowest BCUT2D eigenvalue weighted by Gasteiger charge is -2.29. The Morgan fingerprint density at radius 3 is 2.78 bits per heavy atom. The Morgan fingerprint density at radius 1 is 1.44 bits per heavy atom. The van der Waals surface area contributed by atoms with E-state index >= 15 is 0 Å². The molecular formula is C13H18O4S. The van der Waals surface area contributed by atoms with Gasteiger partial charge in [-0.1, -0.05) is 12.1 Å². The fraction of sp³-hybridized carbons (Fsp3) is 0.538. The maximum absolute atomic E-state index is 11.8. The van der Waals surface area contributed by atoms with E-state index in [4.69, 9.17) is 4.74 Å². The molecule has 1 saturated carbocycles. The molecule has 1 aromatic carbocycles. The minimum atomic E-state index is -3.27. The number of hydrogen-bond acceptors (Lipinski definition) is 4. The molecule has 18 heavy (non-hydrogen) atoms. The zero-order chi connectivity index (χ0) is 13.4. The fourth-order valence-electron chi connectivity index (χ4n) is 2.75. The third-order valence-corrected chi connectivity index (χ3v) is 5.30. The molecule has 4 nitrogen and oxygen atoms in total. The van der Waals surface area contributed by atoms with Crippen molar-refractivity contribution in [2.75, 3.05) is 13.4 Å². The van der Waals surface area contributed by atoms with E-state index in [1.165, 1.54) is 6.26 Å². The van der Waals surface area contributed by atoms with Crippen LogP contribution in [0.5, 0.6) is 5.75 Å². The molecular weight excluding hydrogens is 252 g/mol. The van der Waals surface area contributed by atoms with E-state index in [0.29, 0.717) is 30.6 Å². The number of ether oxygens (including phenoxy) is 1. The molecule has 1 fully saturated rings. The molecule has 100 valence electrons. The largest absolute Gasteiger partial charge is 0.497 e. The van der Waals surface area contributed by atoms with Gasteiger partial charge in [-0.2, -0.15) is 0 Å². The molecule has 1 aliphatic carbocycles. The van der Waals surface area contributed by atoms with Crippen molar-refractivity contribution < 1.29 is 18.3 Å². The average Bonchev–Trinajstić information content (AvgIpc) is 2.73. The smallest absolute Gasteiger partial charge is 0.153 e. The van der Waals surface area contributed by atoms with E-state index < -0.39 is 20.7 Å². The van der Waals surface area contributed by atoms with E-state index in [1.54, 1.807) is 31.4 Å². The number of methoxy groups -OCH3 is 1. The molecule has 1 aliphatic rings. The highest BCUT2D eigenvalue weighted by molar-refractivity contribution is 7.91. The van der Waals surface area contributed by atoms with Crippen LogP contribution in [0, 0.1) is 0 Å². The van der Waals surface area contributed by atoms with Crippen LogP contribution in [0.4, 0.5) is 0 Å². The quantitative estimate of drug-likeness (QED) is 0.903. The molecule has 0 aromatic heterocycles. The van der Waals surface area contributed by atoms with Gasteiger partial charge >= 0.3 is 0 Å². The van der Waals surface area contributed by atoms with Crippen LogP contribution in [-0.4, -0.2) is 32.1 Å². The standard InChI is InChI=1S/C13H18O4S/c1-17-11-6-3-5-10(9-11)13(14)8-4-7-12(13)18(2,15)16/h3,5-6,9,12,14H,4,7-8H2,1-2H3. The highest BCUT2D eigenvalue weighted by atomic mass is 32.2. The van der Waals surface area contributed by atoms with Crippen molar-refractivity contribution in [2.45, 2.75) is 30.1 Å². The summed E-state index contributed by atoms with van der Waals surface area (Å²) in [6.07, 6.45) is 2.88. The second-order valence-corrected chi connectivity index (χ2v) is 7.09. The van der Waals surface area contributed by atoms with E-state index in [9.17, 15) is 13.5 Å². The van der Waals surface area contributed by atoms with Gasteiger partial charge in [0.1, 0.15) is 11.4 Å². The SMILES string of the molecule is COc1cccc(C2(O)CCCC2S(C)(=O)=O)c1. The Morgan fingerprint density at radius 2 is 2.17 bits per heavy atom. The molecule has 0 heterocycles. The highest BCUT2D eigenvalue weighted by Crippen LogP contribution is 2.43. The van der Waals surface area contributed by atoms with Gasteiger partial charge in [-0.25, -0.2) is 8.42 Å². The highest BCUT2D eigenvalue weighted by Gasteiger charge is 2.48. The predicted molar refractivity (Wildman–Crippen MR) is 69.4 cm³/mol. The predicted octanol–water partition coefficient (Wildman–Crippen LogP) is 1.48. The van der Waals surface area contributed by atoms with E-state index in [-0.39, 0.29) is 0 Å². The van der Waals surface area contributed by atoms with Crippen LogP contribution < -0.4 is 4.74 Å². The average molecular weight is 270 g/mol. The molecule has 0 spiro atoms. The van der Waals surface area contributed by atoms with E-state index in [1.807, 2.05) is 0 Å². The minimum Gasteiger partial charge on any atom is -0.497 e. The minimum absolute atomic E-state index is 0.470. The summed E-state index contributed by atoms with van der Waals surface area (Å²) in [5.74, 6) is 0.625. The summed E-state index contributed by atoms with van der Waals surface area (Å²) >= 11 is 0. The lowest BCUT2D eigenvalue weighted by molar-refractivity contribution is 0.0475. The van der Waals surface area contributed by atoms with Crippen LogP contribution in [0.25, 0.3) is 0 Å². The van der Waals surface area contributed by atoms with Crippen LogP contribution in [0.1, 0.15) is 24.8 Å². The Hall–Kier alpha value is -1.07. The molecule has 2 atom stereocenters. The fourth-order valence-corrected chi connectivity index (χ4v) is 4.30. The number of hydrogen-bond donors (Lipinski definition) is 1. The normalized spacial score (nSPS) is 28.3. The van der Waals surface area contributed by atoms with Crippen molar-refractivity contribution in [3.63, 3.8) is 0 Å². The first-order valence-electron chi connectivity index (χ1n) is 5.94. The van der Waals surface area contributed by atoms with Crippen molar-refractivity contribution in [1.82, 2.24) is 0 Å². The van der Waals surface area contributed by atoms with Gasteiger partial charge in [0.25, 0.3) is 0 Å². The number of benzene rings is 1. The summed E-state index contributed by atoms with van der Waals surface area (Å²) in [6, 6.07) is 7.01. The van der Waals surface area contributed by atoms with Crippen LogP contribution in [-0.2, 0) is 15.4 Å². The monoisotopic (exact) mass is 270 g/mol. The zero-order valence-electron chi connectivity index (χ0n) is 10.6. The van der Waals surface area contributed by atoms with Gasteiger partial charge in [0, 0.05) is 6.26 Å². The topological polar surface area (TPSA) is 63.6 Å². The van der Waals surface area contributed by atoms with Gasteiger partial charge in [0.15, 0.2) is 9.84 Å². The van der Waals surface area contributed by atoms with E-state index in [0.717, 1.165) is 0 Å². The Balaban J connectivity index is 2.46. The summed E-state index contributed by atoms with van der Waals surface area (Å²) in [5, 5.41) is 10.0. The van der Waals surface area contributed by atoms with Crippen molar-refractivity contribution >= 4 is 9.84 Å². The Kier molecular flexibility index (Phi) is 3.38. The van der Waals surface area contributed by atoms with Gasteiger partial charge in [-0.05, 0) is 37.0 Å². The maximum Gasteiger partial charge on any atom is 0.153 e. The summed E-state index contributed by atoms with van der Waals surface area (Å²) in [7, 11) is -1.72. The second kappa shape index (κ2) is 4.55. The Labute approximate surface area is 108 Å². The number of sulfone groups is 1. The molecule has 1 aromatic rings. The molecule has 0 aliphatic heterocycles. The number of rotatable bonds is 3. The zero-order valence-corrected chi connectivity index (χ0v) is 11.4.